The maximum Gasteiger partial charge on any atom is 0.410 e. The Labute approximate surface area is 156 Å². The first-order chi connectivity index (χ1) is 12.6. The third-order valence-electron chi connectivity index (χ3n) is 3.79. The summed E-state index contributed by atoms with van der Waals surface area (Å²) in [4.78, 5) is 41.4. The van der Waals surface area contributed by atoms with Gasteiger partial charge in [0, 0.05) is 13.7 Å². The molecule has 0 saturated carbocycles. The molecule has 2 rings (SSSR count). The number of hydrogen-bond acceptors (Lipinski definition) is 8. The van der Waals surface area contributed by atoms with E-state index in [1.54, 1.807) is 20.8 Å². The number of carbonyl (C=O) groups excluding carboxylic acids is 3. The number of ether oxygens (including phenoxy) is 2. The lowest BCUT2D eigenvalue weighted by atomic mass is 10.2. The Morgan fingerprint density at radius 2 is 2.11 bits per heavy atom. The van der Waals surface area contributed by atoms with Gasteiger partial charge in [-0.1, -0.05) is 5.16 Å². The number of aromatic nitrogens is 2. The minimum absolute atomic E-state index is 0.0825. The monoisotopic (exact) mass is 383 g/mol. The number of carbonyl (C=O) groups is 3. The van der Waals surface area contributed by atoms with Gasteiger partial charge in [-0.3, -0.25) is 14.5 Å². The Balaban J connectivity index is 2.08. The van der Waals surface area contributed by atoms with Crippen LogP contribution in [-0.4, -0.2) is 64.9 Å². The van der Waals surface area contributed by atoms with E-state index in [1.807, 2.05) is 0 Å². The second-order valence-corrected chi connectivity index (χ2v) is 7.17. The number of likely N-dealkylation sites (tertiary alicyclic amines) is 1. The van der Waals surface area contributed by atoms with E-state index in [0.29, 0.717) is 13.0 Å². The van der Waals surface area contributed by atoms with E-state index in [2.05, 4.69) is 15.5 Å². The zero-order valence-corrected chi connectivity index (χ0v) is 15.9. The number of nitrogens with one attached hydrogen (secondary N) is 1. The van der Waals surface area contributed by atoms with E-state index < -0.39 is 35.6 Å². The summed E-state index contributed by atoms with van der Waals surface area (Å²) in [6, 6.07) is -1.49. The van der Waals surface area contributed by atoms with Gasteiger partial charge in [0.15, 0.2) is 0 Å². The first-order valence-corrected chi connectivity index (χ1v) is 8.54. The summed E-state index contributed by atoms with van der Waals surface area (Å²) in [5.74, 6) is -1.61. The highest BCUT2D eigenvalue weighted by molar-refractivity contribution is 5.94. The molecule has 0 spiro atoms. The highest BCUT2D eigenvalue weighted by atomic mass is 16.6. The topological polar surface area (TPSA) is 150 Å². The number of primary amides is 1. The van der Waals surface area contributed by atoms with E-state index in [9.17, 15) is 14.4 Å². The zero-order chi connectivity index (χ0) is 20.2. The van der Waals surface area contributed by atoms with Gasteiger partial charge in [-0.2, -0.15) is 4.98 Å². The smallest absolute Gasteiger partial charge is 0.410 e. The predicted molar refractivity (Wildman–Crippen MR) is 91.5 cm³/mol. The predicted octanol–water partition coefficient (Wildman–Crippen LogP) is 0.372. The van der Waals surface area contributed by atoms with Crippen LogP contribution in [0.25, 0.3) is 0 Å². The molecular weight excluding hydrogens is 358 g/mol. The van der Waals surface area contributed by atoms with E-state index in [-0.39, 0.29) is 18.3 Å². The summed E-state index contributed by atoms with van der Waals surface area (Å²) in [5.41, 5.74) is 4.57. The molecule has 1 aliphatic rings. The SMILES string of the molecule is COCC(NC(=O)c1noc(C2CCCN2C(=O)OC(C)(C)C)n1)C(N)=O. The third kappa shape index (κ3) is 5.39. The quantitative estimate of drug-likeness (QED) is 0.715. The van der Waals surface area contributed by atoms with Crippen LogP contribution in [0.5, 0.6) is 0 Å². The summed E-state index contributed by atoms with van der Waals surface area (Å²) in [7, 11) is 1.37. The van der Waals surface area contributed by atoms with Crippen LogP contribution in [0.4, 0.5) is 4.79 Å². The molecular formula is C16H25N5O6. The molecule has 3 amide bonds. The van der Waals surface area contributed by atoms with Crippen LogP contribution in [-0.2, 0) is 14.3 Å². The van der Waals surface area contributed by atoms with Gasteiger partial charge >= 0.3 is 6.09 Å². The fourth-order valence-corrected chi connectivity index (χ4v) is 2.61. The first kappa shape index (κ1) is 20.6. The van der Waals surface area contributed by atoms with Crippen LogP contribution < -0.4 is 11.1 Å². The molecule has 1 saturated heterocycles. The van der Waals surface area contributed by atoms with Gasteiger partial charge < -0.3 is 25.0 Å². The molecule has 2 unspecified atom stereocenters. The number of nitrogens with zero attached hydrogens (tertiary/aromatic N) is 3. The average Bonchev–Trinajstić information content (AvgIpc) is 3.21. The molecule has 0 aromatic carbocycles. The molecule has 1 fully saturated rings. The van der Waals surface area contributed by atoms with Crippen LogP contribution in [0, 0.1) is 0 Å². The maximum atomic E-state index is 12.3. The van der Waals surface area contributed by atoms with Crippen molar-refractivity contribution in [1.82, 2.24) is 20.4 Å². The van der Waals surface area contributed by atoms with Crippen molar-refractivity contribution in [1.29, 1.82) is 0 Å². The molecule has 0 radical (unpaired) electrons. The lowest BCUT2D eigenvalue weighted by Gasteiger charge is -2.26. The van der Waals surface area contributed by atoms with Gasteiger partial charge in [0.1, 0.15) is 17.7 Å². The van der Waals surface area contributed by atoms with Gasteiger partial charge in [-0.15, -0.1) is 0 Å². The molecule has 11 heteroatoms. The fraction of sp³-hybridized carbons (Fsp3) is 0.688. The van der Waals surface area contributed by atoms with Gasteiger partial charge in [-0.05, 0) is 33.6 Å². The van der Waals surface area contributed by atoms with Crippen molar-refractivity contribution in [3.8, 4) is 0 Å². The van der Waals surface area contributed by atoms with Gasteiger partial charge in [0.2, 0.25) is 11.8 Å². The molecule has 1 aliphatic heterocycles. The largest absolute Gasteiger partial charge is 0.444 e. The van der Waals surface area contributed by atoms with E-state index in [1.165, 1.54) is 12.0 Å². The summed E-state index contributed by atoms with van der Waals surface area (Å²) in [6.07, 6.45) is 0.865. The van der Waals surface area contributed by atoms with Crippen molar-refractivity contribution in [2.24, 2.45) is 5.73 Å². The molecule has 3 N–H and O–H groups in total. The third-order valence-corrected chi connectivity index (χ3v) is 3.79. The average molecular weight is 383 g/mol. The Bertz CT molecular complexity index is 698. The second kappa shape index (κ2) is 8.33. The maximum absolute atomic E-state index is 12.3. The van der Waals surface area contributed by atoms with Crippen molar-refractivity contribution >= 4 is 17.9 Å². The van der Waals surface area contributed by atoms with Crippen LogP contribution in [0.2, 0.25) is 0 Å². The summed E-state index contributed by atoms with van der Waals surface area (Å²) in [5, 5.41) is 6.01. The summed E-state index contributed by atoms with van der Waals surface area (Å²) < 4.78 is 15.4. The molecule has 2 heterocycles. The highest BCUT2D eigenvalue weighted by Crippen LogP contribution is 2.32. The van der Waals surface area contributed by atoms with Crippen LogP contribution in [0.1, 0.15) is 56.2 Å². The molecule has 1 aromatic rings. The van der Waals surface area contributed by atoms with Crippen LogP contribution in [0.3, 0.4) is 0 Å². The van der Waals surface area contributed by atoms with Crippen molar-refractivity contribution < 1.29 is 28.4 Å². The van der Waals surface area contributed by atoms with E-state index in [4.69, 9.17) is 19.7 Å². The molecule has 1 aromatic heterocycles. The Kier molecular flexibility index (Phi) is 6.37. The van der Waals surface area contributed by atoms with Crippen molar-refractivity contribution in [2.45, 2.75) is 51.3 Å². The van der Waals surface area contributed by atoms with E-state index in [0.717, 1.165) is 6.42 Å². The number of nitrogens with two attached hydrogens (primary N) is 1. The fourth-order valence-electron chi connectivity index (χ4n) is 2.61. The molecule has 150 valence electrons. The van der Waals surface area contributed by atoms with Crippen LogP contribution >= 0.6 is 0 Å². The standard InChI is InChI=1S/C16H25N5O6/c1-16(2,3)26-15(24)21-7-5-6-10(21)14-19-12(20-27-14)13(23)18-9(8-25-4)11(17)22/h9-10H,5-8H2,1-4H3,(H2,17,22)(H,18,23). The van der Waals surface area contributed by atoms with Crippen molar-refractivity contribution in [3.05, 3.63) is 11.7 Å². The second-order valence-electron chi connectivity index (χ2n) is 7.17. The molecule has 2 atom stereocenters. The first-order valence-electron chi connectivity index (χ1n) is 8.54. The van der Waals surface area contributed by atoms with Crippen LogP contribution in [0.15, 0.2) is 4.52 Å². The minimum Gasteiger partial charge on any atom is -0.444 e. The number of methoxy groups -OCH3 is 1. The minimum atomic E-state index is -1.02. The number of hydrogen-bond donors (Lipinski definition) is 2. The Morgan fingerprint density at radius 1 is 1.41 bits per heavy atom. The summed E-state index contributed by atoms with van der Waals surface area (Å²) in [6.45, 7) is 5.74. The van der Waals surface area contributed by atoms with Gasteiger partial charge in [0.05, 0.1) is 6.61 Å². The molecule has 11 nitrogen and oxygen atoms in total. The van der Waals surface area contributed by atoms with Crippen molar-refractivity contribution in [3.63, 3.8) is 0 Å². The zero-order valence-electron chi connectivity index (χ0n) is 15.9. The molecule has 0 aliphatic carbocycles. The van der Waals surface area contributed by atoms with Gasteiger partial charge in [0.25, 0.3) is 11.7 Å². The lowest BCUT2D eigenvalue weighted by molar-refractivity contribution is -0.121. The highest BCUT2D eigenvalue weighted by Gasteiger charge is 2.37. The van der Waals surface area contributed by atoms with Gasteiger partial charge in [-0.25, -0.2) is 4.79 Å². The van der Waals surface area contributed by atoms with E-state index >= 15 is 0 Å². The molecule has 0 bridgehead atoms. The molecule has 27 heavy (non-hydrogen) atoms. The Morgan fingerprint density at radius 3 is 2.70 bits per heavy atom. The Hall–Kier alpha value is -2.69. The number of rotatable bonds is 6. The number of amides is 3. The normalized spacial score (nSPS) is 18.2. The lowest BCUT2D eigenvalue weighted by Crippen LogP contribution is -2.47. The van der Waals surface area contributed by atoms with Crippen molar-refractivity contribution in [2.75, 3.05) is 20.3 Å². The summed E-state index contributed by atoms with van der Waals surface area (Å²) >= 11 is 0.